The molecule has 1 heterocycles. The van der Waals surface area contributed by atoms with Gasteiger partial charge in [-0.3, -0.25) is 4.90 Å². The van der Waals surface area contributed by atoms with Crippen LogP contribution >= 0.6 is 0 Å². The highest BCUT2D eigenvalue weighted by molar-refractivity contribution is 5.91. The largest absolute Gasteiger partial charge is 0.454 e. The highest BCUT2D eigenvalue weighted by Gasteiger charge is 2.16. The third kappa shape index (κ3) is 4.26. The number of hydrogen-bond donors (Lipinski definition) is 1. The number of nitrogens with zero attached hydrogens (tertiary/aromatic N) is 1. The van der Waals surface area contributed by atoms with E-state index in [2.05, 4.69) is 5.32 Å². The van der Waals surface area contributed by atoms with E-state index in [0.29, 0.717) is 13.1 Å². The number of amides is 2. The van der Waals surface area contributed by atoms with Gasteiger partial charge in [-0.25, -0.2) is 4.79 Å². The molecule has 0 fully saturated rings. The Morgan fingerprint density at radius 2 is 1.57 bits per heavy atom. The van der Waals surface area contributed by atoms with Crippen molar-refractivity contribution in [3.8, 4) is 11.5 Å². The molecule has 1 aliphatic heterocycles. The van der Waals surface area contributed by atoms with Crippen molar-refractivity contribution in [3.63, 3.8) is 0 Å². The maximum absolute atomic E-state index is 12.9. The molecule has 1 aliphatic rings. The molecule has 0 saturated heterocycles. The first-order valence-electron chi connectivity index (χ1n) is 9.32. The second-order valence-corrected chi connectivity index (χ2v) is 6.58. The summed E-state index contributed by atoms with van der Waals surface area (Å²) in [6.07, 6.45) is 0.719. The van der Waals surface area contributed by atoms with Crippen LogP contribution in [0.25, 0.3) is 0 Å². The Morgan fingerprint density at radius 1 is 0.857 bits per heavy atom. The number of nitrogens with one attached hydrogen (secondary N) is 1. The number of anilines is 1. The number of ether oxygens (including phenoxy) is 2. The first kappa shape index (κ1) is 17.9. The Hall–Kier alpha value is -3.47. The summed E-state index contributed by atoms with van der Waals surface area (Å²) in [5.41, 5.74) is 3.04. The van der Waals surface area contributed by atoms with Gasteiger partial charge in [0.15, 0.2) is 11.5 Å². The summed E-state index contributed by atoms with van der Waals surface area (Å²) in [4.78, 5) is 14.7. The molecular weight excluding hydrogens is 352 g/mol. The van der Waals surface area contributed by atoms with Gasteiger partial charge in [-0.05, 0) is 41.8 Å². The Balaban J connectivity index is 1.40. The quantitative estimate of drug-likeness (QED) is 0.697. The fraction of sp³-hybridized carbons (Fsp3) is 0.174. The lowest BCUT2D eigenvalue weighted by molar-refractivity contribution is 0.174. The molecule has 142 valence electrons. The van der Waals surface area contributed by atoms with Gasteiger partial charge in [0.05, 0.1) is 6.54 Å². The zero-order valence-corrected chi connectivity index (χ0v) is 15.5. The lowest BCUT2D eigenvalue weighted by Crippen LogP contribution is -2.40. The normalized spacial score (nSPS) is 11.9. The molecule has 28 heavy (non-hydrogen) atoms. The third-order valence-corrected chi connectivity index (χ3v) is 4.62. The van der Waals surface area contributed by atoms with E-state index in [1.54, 1.807) is 4.90 Å². The molecule has 0 aliphatic carbocycles. The maximum Gasteiger partial charge on any atom is 0.322 e. The average Bonchev–Trinajstić information content (AvgIpc) is 3.21. The van der Waals surface area contributed by atoms with Crippen LogP contribution in [-0.4, -0.2) is 19.4 Å². The van der Waals surface area contributed by atoms with E-state index in [0.717, 1.165) is 34.7 Å². The minimum absolute atomic E-state index is 0.115. The van der Waals surface area contributed by atoms with Crippen LogP contribution in [0.2, 0.25) is 0 Å². The summed E-state index contributed by atoms with van der Waals surface area (Å²) in [6, 6.07) is 25.5. The van der Waals surface area contributed by atoms with E-state index < -0.39 is 0 Å². The minimum atomic E-state index is -0.115. The van der Waals surface area contributed by atoms with Crippen LogP contribution in [-0.2, 0) is 13.0 Å². The summed E-state index contributed by atoms with van der Waals surface area (Å²) in [6.45, 7) is 1.32. The monoisotopic (exact) mass is 374 g/mol. The van der Waals surface area contributed by atoms with Crippen molar-refractivity contribution in [2.24, 2.45) is 0 Å². The summed E-state index contributed by atoms with van der Waals surface area (Å²) in [5, 5.41) is 3.03. The lowest BCUT2D eigenvalue weighted by Gasteiger charge is -2.23. The summed E-state index contributed by atoms with van der Waals surface area (Å²) >= 11 is 0. The van der Waals surface area contributed by atoms with Crippen LogP contribution in [0.5, 0.6) is 11.5 Å². The number of rotatable bonds is 6. The van der Waals surface area contributed by atoms with Gasteiger partial charge in [0.25, 0.3) is 0 Å². The van der Waals surface area contributed by atoms with Crippen molar-refractivity contribution in [1.29, 1.82) is 0 Å². The van der Waals surface area contributed by atoms with Gasteiger partial charge in [0.1, 0.15) is 0 Å². The molecule has 5 heteroatoms. The van der Waals surface area contributed by atoms with Crippen molar-refractivity contribution >= 4 is 11.7 Å². The number of urea groups is 1. The molecule has 0 spiro atoms. The smallest absolute Gasteiger partial charge is 0.322 e. The highest BCUT2D eigenvalue weighted by atomic mass is 16.7. The molecule has 0 aromatic heterocycles. The van der Waals surface area contributed by atoms with Gasteiger partial charge in [-0.1, -0.05) is 54.6 Å². The van der Waals surface area contributed by atoms with Crippen LogP contribution in [0.1, 0.15) is 11.1 Å². The van der Waals surface area contributed by atoms with Crippen LogP contribution < -0.4 is 19.7 Å². The Bertz CT molecular complexity index is 929. The van der Waals surface area contributed by atoms with Gasteiger partial charge < -0.3 is 14.8 Å². The van der Waals surface area contributed by atoms with Crippen LogP contribution in [0.15, 0.2) is 78.9 Å². The highest BCUT2D eigenvalue weighted by Crippen LogP contribution is 2.32. The van der Waals surface area contributed by atoms with Crippen molar-refractivity contribution in [2.45, 2.75) is 13.0 Å². The first-order valence-corrected chi connectivity index (χ1v) is 9.32. The zero-order chi connectivity index (χ0) is 19.2. The van der Waals surface area contributed by atoms with E-state index in [1.807, 2.05) is 78.9 Å². The van der Waals surface area contributed by atoms with Crippen LogP contribution in [0.3, 0.4) is 0 Å². The number of hydrogen-bond acceptors (Lipinski definition) is 3. The third-order valence-electron chi connectivity index (χ3n) is 4.62. The fourth-order valence-electron chi connectivity index (χ4n) is 3.16. The maximum atomic E-state index is 12.9. The topological polar surface area (TPSA) is 50.8 Å². The molecule has 0 radical (unpaired) electrons. The first-order chi connectivity index (χ1) is 13.8. The van der Waals surface area contributed by atoms with Crippen molar-refractivity contribution in [1.82, 2.24) is 5.32 Å². The SMILES string of the molecule is O=C(NCCc1ccc2c(c1)OCO2)N(Cc1ccccc1)c1ccccc1. The summed E-state index contributed by atoms with van der Waals surface area (Å²) in [7, 11) is 0. The van der Waals surface area contributed by atoms with Crippen LogP contribution in [0.4, 0.5) is 10.5 Å². The van der Waals surface area contributed by atoms with Gasteiger partial charge in [-0.15, -0.1) is 0 Å². The van der Waals surface area contributed by atoms with Crippen molar-refractivity contribution < 1.29 is 14.3 Å². The molecule has 3 aromatic rings. The van der Waals surface area contributed by atoms with E-state index in [4.69, 9.17) is 9.47 Å². The summed E-state index contributed by atoms with van der Waals surface area (Å²) < 4.78 is 10.7. The molecule has 0 saturated carbocycles. The van der Waals surface area contributed by atoms with E-state index in [1.165, 1.54) is 0 Å². The average molecular weight is 374 g/mol. The second-order valence-electron chi connectivity index (χ2n) is 6.58. The molecule has 3 aromatic carbocycles. The minimum Gasteiger partial charge on any atom is -0.454 e. The lowest BCUT2D eigenvalue weighted by atomic mass is 10.1. The van der Waals surface area contributed by atoms with Gasteiger partial charge in [0, 0.05) is 12.2 Å². The molecule has 0 unspecified atom stereocenters. The summed E-state index contributed by atoms with van der Waals surface area (Å²) in [5.74, 6) is 1.53. The van der Waals surface area contributed by atoms with Gasteiger partial charge >= 0.3 is 6.03 Å². The van der Waals surface area contributed by atoms with E-state index >= 15 is 0 Å². The fourth-order valence-corrected chi connectivity index (χ4v) is 3.16. The predicted octanol–water partition coefficient (Wildman–Crippen LogP) is 4.37. The van der Waals surface area contributed by atoms with Gasteiger partial charge in [0.2, 0.25) is 6.79 Å². The van der Waals surface area contributed by atoms with E-state index in [-0.39, 0.29) is 12.8 Å². The second kappa shape index (κ2) is 8.48. The Morgan fingerprint density at radius 3 is 2.36 bits per heavy atom. The molecule has 5 nitrogen and oxygen atoms in total. The van der Waals surface area contributed by atoms with E-state index in [9.17, 15) is 4.79 Å². The number of carbonyl (C=O) groups is 1. The van der Waals surface area contributed by atoms with Crippen molar-refractivity contribution in [2.75, 3.05) is 18.2 Å². The zero-order valence-electron chi connectivity index (χ0n) is 15.5. The molecule has 0 bridgehead atoms. The van der Waals surface area contributed by atoms with Crippen LogP contribution in [0, 0.1) is 0 Å². The Kier molecular flexibility index (Phi) is 5.43. The standard InChI is InChI=1S/C23H22N2O3/c26-23(24-14-13-18-11-12-21-22(15-18)28-17-27-21)25(20-9-5-2-6-10-20)16-19-7-3-1-4-8-19/h1-12,15H,13-14,16-17H2,(H,24,26). The number of para-hydroxylation sites is 1. The number of carbonyl (C=O) groups excluding carboxylic acids is 1. The molecule has 4 rings (SSSR count). The van der Waals surface area contributed by atoms with Crippen molar-refractivity contribution in [3.05, 3.63) is 90.0 Å². The van der Waals surface area contributed by atoms with Gasteiger partial charge in [-0.2, -0.15) is 0 Å². The number of fused-ring (bicyclic) bond motifs is 1. The molecular formula is C23H22N2O3. The molecule has 0 atom stereocenters. The predicted molar refractivity (Wildman–Crippen MR) is 109 cm³/mol. The Labute approximate surface area is 164 Å². The molecule has 2 amide bonds. The molecule has 1 N–H and O–H groups in total. The number of benzene rings is 3.